The maximum atomic E-state index is 14.1. The summed E-state index contributed by atoms with van der Waals surface area (Å²) in [6, 6.07) is 20.7. The second-order valence-electron chi connectivity index (χ2n) is 11.2. The summed E-state index contributed by atoms with van der Waals surface area (Å²) in [5.74, 6) is -0.305. The van der Waals surface area contributed by atoms with Crippen LogP contribution in [-0.2, 0) is 29.1 Å². The lowest BCUT2D eigenvalue weighted by molar-refractivity contribution is -0.157. The van der Waals surface area contributed by atoms with Crippen LogP contribution in [-0.4, -0.2) is 88.7 Å². The molecule has 230 valence electrons. The molecule has 5 rings (SSSR count). The van der Waals surface area contributed by atoms with Crippen LogP contribution >= 0.6 is 11.6 Å². The number of carbonyl (C=O) groups is 3. The number of nitrogens with zero attached hydrogens (tertiary/aromatic N) is 5. The predicted molar refractivity (Wildman–Crippen MR) is 170 cm³/mol. The van der Waals surface area contributed by atoms with Crippen molar-refractivity contribution in [2.24, 2.45) is 0 Å². The van der Waals surface area contributed by atoms with Crippen molar-refractivity contribution < 1.29 is 19.5 Å². The summed E-state index contributed by atoms with van der Waals surface area (Å²) in [6.07, 6.45) is 1.30. The van der Waals surface area contributed by atoms with E-state index in [-0.39, 0.29) is 49.7 Å². The Morgan fingerprint density at radius 1 is 1.05 bits per heavy atom. The van der Waals surface area contributed by atoms with Gasteiger partial charge in [-0.2, -0.15) is 5.01 Å². The topological polar surface area (TPSA) is 99.7 Å². The lowest BCUT2D eigenvalue weighted by Crippen LogP contribution is -2.66. The van der Waals surface area contributed by atoms with Crippen molar-refractivity contribution in [3.8, 4) is 5.75 Å². The molecule has 3 aromatic rings. The SMILES string of the molecule is C=CCN(C(=O)NCc1ccccc1)N1CC(=O)N2[C@@H](Cc3ccc(O)cc3)C(=O)N(Cc3ccc(Cl)c(N(C)C)c3)C[C@@H]21. The molecular weight excluding hydrogens is 580 g/mol. The number of phenolic OH excluding ortho intramolecular Hbond substituents is 1. The van der Waals surface area contributed by atoms with Gasteiger partial charge in [0.05, 0.1) is 30.3 Å². The fourth-order valence-electron chi connectivity index (χ4n) is 5.76. The summed E-state index contributed by atoms with van der Waals surface area (Å²) >= 11 is 6.41. The molecule has 0 spiro atoms. The first-order valence-electron chi connectivity index (χ1n) is 14.5. The molecule has 2 saturated heterocycles. The van der Waals surface area contributed by atoms with Crippen LogP contribution in [0.1, 0.15) is 16.7 Å². The van der Waals surface area contributed by atoms with Crippen LogP contribution in [0.15, 0.2) is 85.5 Å². The summed E-state index contributed by atoms with van der Waals surface area (Å²) < 4.78 is 0. The molecule has 0 bridgehead atoms. The number of halogens is 1. The average molecular weight is 617 g/mol. The largest absolute Gasteiger partial charge is 0.508 e. The number of hydrogen-bond acceptors (Lipinski definition) is 6. The maximum absolute atomic E-state index is 14.1. The van der Waals surface area contributed by atoms with E-state index in [0.717, 1.165) is 22.4 Å². The second-order valence-corrected chi connectivity index (χ2v) is 11.6. The molecule has 2 N–H and O–H groups in total. The van der Waals surface area contributed by atoms with E-state index in [1.165, 1.54) is 5.01 Å². The number of carbonyl (C=O) groups excluding carboxylic acids is 3. The van der Waals surface area contributed by atoms with Crippen LogP contribution in [0.2, 0.25) is 5.02 Å². The number of fused-ring (bicyclic) bond motifs is 1. The van der Waals surface area contributed by atoms with Gasteiger partial charge in [0, 0.05) is 33.6 Å². The number of piperazine rings is 1. The lowest BCUT2D eigenvalue weighted by atomic mass is 9.99. The molecule has 0 aliphatic carbocycles. The third kappa shape index (κ3) is 6.66. The first-order chi connectivity index (χ1) is 21.2. The molecule has 3 aromatic carbocycles. The smallest absolute Gasteiger partial charge is 0.332 e. The van der Waals surface area contributed by atoms with Gasteiger partial charge < -0.3 is 25.1 Å². The molecule has 2 atom stereocenters. The number of hydrogen-bond donors (Lipinski definition) is 2. The van der Waals surface area contributed by atoms with Crippen LogP contribution in [0.4, 0.5) is 10.5 Å². The van der Waals surface area contributed by atoms with Crippen LogP contribution in [0.3, 0.4) is 0 Å². The number of phenols is 1. The van der Waals surface area contributed by atoms with E-state index in [4.69, 9.17) is 11.6 Å². The highest BCUT2D eigenvalue weighted by atomic mass is 35.5. The average Bonchev–Trinajstić information content (AvgIpc) is 3.34. The van der Waals surface area contributed by atoms with Crippen molar-refractivity contribution in [3.05, 3.63) is 107 Å². The lowest BCUT2D eigenvalue weighted by Gasteiger charge is -2.46. The van der Waals surface area contributed by atoms with E-state index in [1.54, 1.807) is 45.2 Å². The maximum Gasteiger partial charge on any atom is 0.332 e. The zero-order valence-electron chi connectivity index (χ0n) is 24.9. The van der Waals surface area contributed by atoms with Crippen LogP contribution in [0.5, 0.6) is 5.75 Å². The van der Waals surface area contributed by atoms with Gasteiger partial charge in [-0.1, -0.05) is 66.2 Å². The summed E-state index contributed by atoms with van der Waals surface area (Å²) in [7, 11) is 3.81. The van der Waals surface area contributed by atoms with Gasteiger partial charge in [0.25, 0.3) is 0 Å². The molecule has 0 unspecified atom stereocenters. The number of anilines is 1. The molecule has 2 fully saturated rings. The Kier molecular flexibility index (Phi) is 9.41. The first-order valence-corrected chi connectivity index (χ1v) is 14.8. The third-order valence-electron chi connectivity index (χ3n) is 7.93. The second kappa shape index (κ2) is 13.4. The standard InChI is InChI=1S/C33H37ClN6O4/c1-4-16-38(33(44)35-19-24-8-6-5-7-9-24)39-22-31(42)40-29(17-23-10-13-26(41)14-11-23)32(43)37(21-30(39)40)20-25-12-15-27(34)28(18-25)36(2)3/h4-15,18,29-30,41H,1,16-17,19-22H2,2-3H3,(H,35,44)/t29-,30+/m0/s1. The minimum atomic E-state index is -0.797. The van der Waals surface area contributed by atoms with E-state index in [0.29, 0.717) is 18.1 Å². The van der Waals surface area contributed by atoms with Gasteiger partial charge in [0.15, 0.2) is 0 Å². The van der Waals surface area contributed by atoms with Crippen LogP contribution < -0.4 is 10.2 Å². The highest BCUT2D eigenvalue weighted by molar-refractivity contribution is 6.33. The van der Waals surface area contributed by atoms with E-state index in [9.17, 15) is 19.5 Å². The van der Waals surface area contributed by atoms with Gasteiger partial charge in [0.1, 0.15) is 18.0 Å². The number of urea groups is 1. The quantitative estimate of drug-likeness (QED) is 0.336. The van der Waals surface area contributed by atoms with Crippen molar-refractivity contribution in [1.82, 2.24) is 25.1 Å². The highest BCUT2D eigenvalue weighted by Gasteiger charge is 2.52. The van der Waals surface area contributed by atoms with Gasteiger partial charge >= 0.3 is 6.03 Å². The number of aromatic hydroxyl groups is 1. The molecular formula is C33H37ClN6O4. The summed E-state index contributed by atoms with van der Waals surface area (Å²) in [5, 5.41) is 16.6. The van der Waals surface area contributed by atoms with Gasteiger partial charge in [-0.25, -0.2) is 4.79 Å². The van der Waals surface area contributed by atoms with Gasteiger partial charge in [0.2, 0.25) is 11.8 Å². The third-order valence-corrected chi connectivity index (χ3v) is 8.25. The molecule has 2 aliphatic heterocycles. The van der Waals surface area contributed by atoms with E-state index < -0.39 is 12.2 Å². The molecule has 0 aromatic heterocycles. The molecule has 10 nitrogen and oxygen atoms in total. The van der Waals surface area contributed by atoms with E-state index in [1.807, 2.05) is 67.5 Å². The molecule has 0 radical (unpaired) electrons. The number of benzene rings is 3. The number of rotatable bonds is 10. The molecule has 2 aliphatic rings. The highest BCUT2D eigenvalue weighted by Crippen LogP contribution is 2.32. The Labute approximate surface area is 262 Å². The molecule has 11 heteroatoms. The predicted octanol–water partition coefficient (Wildman–Crippen LogP) is 3.85. The van der Waals surface area contributed by atoms with Crippen molar-refractivity contribution in [2.45, 2.75) is 31.7 Å². The zero-order valence-corrected chi connectivity index (χ0v) is 25.7. The van der Waals surface area contributed by atoms with Crippen LogP contribution in [0, 0.1) is 0 Å². The minimum Gasteiger partial charge on any atom is -0.508 e. The summed E-state index contributed by atoms with van der Waals surface area (Å²) in [6.45, 7) is 4.79. The van der Waals surface area contributed by atoms with E-state index >= 15 is 0 Å². The van der Waals surface area contributed by atoms with Crippen molar-refractivity contribution in [1.29, 1.82) is 0 Å². The fraction of sp³-hybridized carbons (Fsp3) is 0.303. The Morgan fingerprint density at radius 2 is 1.75 bits per heavy atom. The van der Waals surface area contributed by atoms with E-state index in [2.05, 4.69) is 11.9 Å². The summed E-state index contributed by atoms with van der Waals surface area (Å²) in [4.78, 5) is 46.5. The molecule has 2 heterocycles. The van der Waals surface area contributed by atoms with Gasteiger partial charge in [-0.05, 0) is 41.0 Å². The van der Waals surface area contributed by atoms with Crippen molar-refractivity contribution >= 4 is 35.1 Å². The Bertz CT molecular complexity index is 1520. The van der Waals surface area contributed by atoms with Crippen LogP contribution in [0.25, 0.3) is 0 Å². The zero-order chi connectivity index (χ0) is 31.4. The Balaban J connectivity index is 1.45. The minimum absolute atomic E-state index is 0.0593. The van der Waals surface area contributed by atoms with Crippen molar-refractivity contribution in [2.75, 3.05) is 38.6 Å². The monoisotopic (exact) mass is 616 g/mol. The Hall–Kier alpha value is -4.54. The fourth-order valence-corrected chi connectivity index (χ4v) is 6.04. The number of hydrazine groups is 1. The van der Waals surface area contributed by atoms with Gasteiger partial charge in [-0.15, -0.1) is 6.58 Å². The van der Waals surface area contributed by atoms with Crippen molar-refractivity contribution in [3.63, 3.8) is 0 Å². The molecule has 44 heavy (non-hydrogen) atoms. The Morgan fingerprint density at radius 3 is 2.43 bits per heavy atom. The number of nitrogens with one attached hydrogen (secondary N) is 1. The normalized spacial score (nSPS) is 18.2. The van der Waals surface area contributed by atoms with Gasteiger partial charge in [-0.3, -0.25) is 14.6 Å². The summed E-state index contributed by atoms with van der Waals surface area (Å²) in [5.41, 5.74) is 3.48. The number of amides is 4. The first kappa shape index (κ1) is 30.9. The molecule has 0 saturated carbocycles. The molecule has 4 amide bonds.